The van der Waals surface area contributed by atoms with E-state index in [2.05, 4.69) is 5.32 Å². The summed E-state index contributed by atoms with van der Waals surface area (Å²) in [6.07, 6.45) is 1.41. The van der Waals surface area contributed by atoms with E-state index in [-0.39, 0.29) is 30.3 Å². The fraction of sp³-hybridized carbons (Fsp3) is 0.300. The van der Waals surface area contributed by atoms with Gasteiger partial charge in [-0.15, -0.1) is 0 Å². The van der Waals surface area contributed by atoms with Crippen LogP contribution < -0.4 is 14.8 Å². The molecule has 2 aromatic rings. The van der Waals surface area contributed by atoms with Gasteiger partial charge in [-0.05, 0) is 36.2 Å². The molecule has 25 heavy (non-hydrogen) atoms. The van der Waals surface area contributed by atoms with Crippen molar-refractivity contribution in [3.8, 4) is 11.5 Å². The number of hydrogen-bond donors (Lipinski definition) is 1. The van der Waals surface area contributed by atoms with Gasteiger partial charge >= 0.3 is 5.97 Å². The van der Waals surface area contributed by atoms with E-state index in [1.165, 1.54) is 0 Å². The number of carbonyl (C=O) groups excluding carboxylic acids is 2. The first-order valence-electron chi connectivity index (χ1n) is 8.35. The molecule has 5 nitrogen and oxygen atoms in total. The van der Waals surface area contributed by atoms with Crippen molar-refractivity contribution in [1.82, 2.24) is 5.32 Å². The molecule has 0 bridgehead atoms. The standard InChI is InChI=1S/C20H21NO4/c1-24-15-9-7-14(8-10-15)17(18-11-12-19(22)21-18)13-20(23)25-16-5-3-2-4-6-16/h2-10,17-18H,11-13H2,1H3,(H,21,22). The highest BCUT2D eigenvalue weighted by atomic mass is 16.5. The lowest BCUT2D eigenvalue weighted by Crippen LogP contribution is -2.33. The molecule has 0 aromatic heterocycles. The van der Waals surface area contributed by atoms with Crippen molar-refractivity contribution < 1.29 is 19.1 Å². The second-order valence-electron chi connectivity index (χ2n) is 6.08. The number of methoxy groups -OCH3 is 1. The number of ether oxygens (including phenoxy) is 2. The first-order valence-corrected chi connectivity index (χ1v) is 8.35. The van der Waals surface area contributed by atoms with Gasteiger partial charge < -0.3 is 14.8 Å². The minimum Gasteiger partial charge on any atom is -0.497 e. The highest BCUT2D eigenvalue weighted by Crippen LogP contribution is 2.30. The summed E-state index contributed by atoms with van der Waals surface area (Å²) in [4.78, 5) is 24.0. The Bertz CT molecular complexity index is 727. The summed E-state index contributed by atoms with van der Waals surface area (Å²) in [6, 6.07) is 16.5. The Kier molecular flexibility index (Phi) is 5.33. The number of esters is 1. The molecule has 0 aliphatic carbocycles. The van der Waals surface area contributed by atoms with Crippen molar-refractivity contribution in [1.29, 1.82) is 0 Å². The van der Waals surface area contributed by atoms with E-state index in [0.717, 1.165) is 11.3 Å². The van der Waals surface area contributed by atoms with Crippen molar-refractivity contribution in [2.75, 3.05) is 7.11 Å². The predicted molar refractivity (Wildman–Crippen MR) is 93.6 cm³/mol. The van der Waals surface area contributed by atoms with Crippen LogP contribution in [0.1, 0.15) is 30.7 Å². The van der Waals surface area contributed by atoms with E-state index < -0.39 is 0 Å². The molecular formula is C20H21NO4. The van der Waals surface area contributed by atoms with Crippen LogP contribution in [0.3, 0.4) is 0 Å². The third-order valence-electron chi connectivity index (χ3n) is 4.42. The SMILES string of the molecule is COc1ccc(C(CC(=O)Oc2ccccc2)C2CCC(=O)N2)cc1. The summed E-state index contributed by atoms with van der Waals surface area (Å²) >= 11 is 0. The molecule has 1 amide bonds. The second-order valence-corrected chi connectivity index (χ2v) is 6.08. The van der Waals surface area contributed by atoms with Crippen LogP contribution in [0.4, 0.5) is 0 Å². The molecule has 0 saturated carbocycles. The van der Waals surface area contributed by atoms with Gasteiger partial charge in [-0.1, -0.05) is 30.3 Å². The van der Waals surface area contributed by atoms with E-state index >= 15 is 0 Å². The molecule has 2 unspecified atom stereocenters. The van der Waals surface area contributed by atoms with Gasteiger partial charge in [-0.3, -0.25) is 9.59 Å². The van der Waals surface area contributed by atoms with Crippen molar-refractivity contribution >= 4 is 11.9 Å². The second kappa shape index (κ2) is 7.83. The molecular weight excluding hydrogens is 318 g/mol. The zero-order valence-electron chi connectivity index (χ0n) is 14.1. The Balaban J connectivity index is 1.75. The van der Waals surface area contributed by atoms with Gasteiger partial charge in [0.2, 0.25) is 5.91 Å². The molecule has 2 atom stereocenters. The monoisotopic (exact) mass is 339 g/mol. The maximum atomic E-state index is 12.4. The molecule has 1 fully saturated rings. The van der Waals surface area contributed by atoms with E-state index in [1.54, 1.807) is 19.2 Å². The number of rotatable bonds is 6. The molecule has 3 rings (SSSR count). The van der Waals surface area contributed by atoms with Gasteiger partial charge in [-0.25, -0.2) is 0 Å². The van der Waals surface area contributed by atoms with Crippen LogP contribution >= 0.6 is 0 Å². The van der Waals surface area contributed by atoms with E-state index in [4.69, 9.17) is 9.47 Å². The zero-order chi connectivity index (χ0) is 17.6. The lowest BCUT2D eigenvalue weighted by Gasteiger charge is -2.23. The number of carbonyl (C=O) groups is 2. The van der Waals surface area contributed by atoms with Crippen LogP contribution in [0.25, 0.3) is 0 Å². The van der Waals surface area contributed by atoms with Crippen LogP contribution in [-0.4, -0.2) is 25.0 Å². The van der Waals surface area contributed by atoms with Gasteiger partial charge in [0.25, 0.3) is 0 Å². The summed E-state index contributed by atoms with van der Waals surface area (Å²) in [5.74, 6) is 0.864. The van der Waals surface area contributed by atoms with Gasteiger partial charge in [0, 0.05) is 18.4 Å². The molecule has 1 aliphatic rings. The van der Waals surface area contributed by atoms with Crippen molar-refractivity contribution in [2.24, 2.45) is 0 Å². The third kappa shape index (κ3) is 4.38. The largest absolute Gasteiger partial charge is 0.497 e. The van der Waals surface area contributed by atoms with Gasteiger partial charge in [0.15, 0.2) is 0 Å². The smallest absolute Gasteiger partial charge is 0.311 e. The van der Waals surface area contributed by atoms with Crippen molar-refractivity contribution in [3.63, 3.8) is 0 Å². The maximum absolute atomic E-state index is 12.4. The predicted octanol–water partition coefficient (Wildman–Crippen LogP) is 3.05. The number of nitrogens with one attached hydrogen (secondary N) is 1. The average Bonchev–Trinajstić information content (AvgIpc) is 3.07. The van der Waals surface area contributed by atoms with Crippen LogP contribution in [0.5, 0.6) is 11.5 Å². The normalized spacial score (nSPS) is 17.6. The van der Waals surface area contributed by atoms with Crippen LogP contribution in [-0.2, 0) is 9.59 Å². The number of benzene rings is 2. The fourth-order valence-electron chi connectivity index (χ4n) is 3.12. The summed E-state index contributed by atoms with van der Waals surface area (Å²) in [5.41, 5.74) is 0.984. The van der Waals surface area contributed by atoms with Crippen LogP contribution in [0.2, 0.25) is 0 Å². The van der Waals surface area contributed by atoms with Crippen molar-refractivity contribution in [2.45, 2.75) is 31.2 Å². The third-order valence-corrected chi connectivity index (χ3v) is 4.42. The topological polar surface area (TPSA) is 64.6 Å². The lowest BCUT2D eigenvalue weighted by molar-refractivity contribution is -0.135. The molecule has 0 radical (unpaired) electrons. The quantitative estimate of drug-likeness (QED) is 0.649. The summed E-state index contributed by atoms with van der Waals surface area (Å²) in [7, 11) is 1.61. The van der Waals surface area contributed by atoms with Crippen LogP contribution in [0.15, 0.2) is 54.6 Å². The Morgan fingerprint density at radius 1 is 1.12 bits per heavy atom. The highest BCUT2D eigenvalue weighted by Gasteiger charge is 2.32. The van der Waals surface area contributed by atoms with E-state index in [9.17, 15) is 9.59 Å². The average molecular weight is 339 g/mol. The summed E-state index contributed by atoms with van der Waals surface area (Å²) in [5, 5.41) is 2.97. The highest BCUT2D eigenvalue weighted by molar-refractivity contribution is 5.79. The lowest BCUT2D eigenvalue weighted by atomic mass is 9.87. The fourth-order valence-corrected chi connectivity index (χ4v) is 3.12. The number of para-hydroxylation sites is 1. The number of hydrogen-bond acceptors (Lipinski definition) is 4. The van der Waals surface area contributed by atoms with Gasteiger partial charge in [-0.2, -0.15) is 0 Å². The van der Waals surface area contributed by atoms with Crippen molar-refractivity contribution in [3.05, 3.63) is 60.2 Å². The molecule has 1 N–H and O–H groups in total. The maximum Gasteiger partial charge on any atom is 0.311 e. The molecule has 1 heterocycles. The summed E-state index contributed by atoms with van der Waals surface area (Å²) < 4.78 is 10.6. The Labute approximate surface area is 147 Å². The molecule has 0 spiro atoms. The Hall–Kier alpha value is -2.82. The van der Waals surface area contributed by atoms with E-state index in [0.29, 0.717) is 18.6 Å². The molecule has 1 saturated heterocycles. The van der Waals surface area contributed by atoms with Crippen LogP contribution in [0, 0.1) is 0 Å². The summed E-state index contributed by atoms with van der Waals surface area (Å²) in [6.45, 7) is 0. The Morgan fingerprint density at radius 2 is 1.84 bits per heavy atom. The molecule has 1 aliphatic heterocycles. The Morgan fingerprint density at radius 3 is 2.44 bits per heavy atom. The molecule has 130 valence electrons. The molecule has 5 heteroatoms. The number of amides is 1. The minimum absolute atomic E-state index is 0.0277. The first-order chi connectivity index (χ1) is 12.2. The van der Waals surface area contributed by atoms with E-state index in [1.807, 2.05) is 42.5 Å². The van der Waals surface area contributed by atoms with Gasteiger partial charge in [0.1, 0.15) is 11.5 Å². The first kappa shape index (κ1) is 17.0. The minimum atomic E-state index is -0.312. The molecule has 2 aromatic carbocycles. The van der Waals surface area contributed by atoms with Gasteiger partial charge in [0.05, 0.1) is 13.5 Å². The zero-order valence-corrected chi connectivity index (χ0v) is 14.1.